The van der Waals surface area contributed by atoms with Crippen LogP contribution in [0.1, 0.15) is 21.5 Å². The normalized spacial score (nSPS) is 14.3. The fraction of sp³-hybridized carbons (Fsp3) is 0.250. The lowest BCUT2D eigenvalue weighted by atomic mass is 10.1. The van der Waals surface area contributed by atoms with Crippen LogP contribution in [0, 0.1) is 13.8 Å². The van der Waals surface area contributed by atoms with E-state index in [1.807, 2.05) is 24.8 Å². The Bertz CT molecular complexity index is 1290. The number of hydrogen-bond acceptors (Lipinski definition) is 5. The number of carbonyl (C=O) groups excluding carboxylic acids is 1. The van der Waals surface area contributed by atoms with Crippen LogP contribution in [0.4, 0.5) is 11.5 Å². The number of pyridine rings is 1. The summed E-state index contributed by atoms with van der Waals surface area (Å²) >= 11 is 6.25. The molecule has 0 aliphatic carbocycles. The van der Waals surface area contributed by atoms with Crippen LogP contribution in [-0.4, -0.2) is 50.4 Å². The Hall–Kier alpha value is -3.10. The van der Waals surface area contributed by atoms with Crippen molar-refractivity contribution < 1.29 is 13.2 Å². The number of anilines is 2. The highest BCUT2D eigenvalue weighted by Gasteiger charge is 2.26. The summed E-state index contributed by atoms with van der Waals surface area (Å²) in [6.07, 6.45) is 1.69. The van der Waals surface area contributed by atoms with Gasteiger partial charge in [0.25, 0.3) is 15.9 Å². The SMILES string of the molecule is Cc1cccc(NS(=O)(=O)c2ccc(C)c(C(=O)N3CCN(c4ncccc4Cl)CC3)c2)c1. The Balaban J connectivity index is 1.51. The van der Waals surface area contributed by atoms with Crippen LogP contribution < -0.4 is 9.62 Å². The lowest BCUT2D eigenvalue weighted by Gasteiger charge is -2.36. The molecular weight excluding hydrogens is 460 g/mol. The largest absolute Gasteiger partial charge is 0.352 e. The zero-order chi connectivity index (χ0) is 23.6. The van der Waals surface area contributed by atoms with Gasteiger partial charge < -0.3 is 9.80 Å². The predicted molar refractivity (Wildman–Crippen MR) is 131 cm³/mol. The first kappa shape index (κ1) is 23.1. The molecule has 7 nitrogen and oxygen atoms in total. The number of nitrogens with zero attached hydrogens (tertiary/aromatic N) is 3. The monoisotopic (exact) mass is 484 g/mol. The maximum atomic E-state index is 13.3. The van der Waals surface area contributed by atoms with Crippen LogP contribution in [0.5, 0.6) is 0 Å². The van der Waals surface area contributed by atoms with Crippen molar-refractivity contribution >= 4 is 39.0 Å². The Labute approximate surface area is 199 Å². The Morgan fingerprint density at radius 1 is 1.00 bits per heavy atom. The summed E-state index contributed by atoms with van der Waals surface area (Å²) < 4.78 is 28.5. The van der Waals surface area contributed by atoms with Gasteiger partial charge in [0, 0.05) is 43.6 Å². The second-order valence-corrected chi connectivity index (χ2v) is 10.1. The second-order valence-electron chi connectivity index (χ2n) is 8.04. The lowest BCUT2D eigenvalue weighted by Crippen LogP contribution is -2.49. The van der Waals surface area contributed by atoms with Crippen molar-refractivity contribution in [3.8, 4) is 0 Å². The van der Waals surface area contributed by atoms with Gasteiger partial charge in [-0.15, -0.1) is 0 Å². The summed E-state index contributed by atoms with van der Waals surface area (Å²) in [7, 11) is -3.84. The average molecular weight is 485 g/mol. The standard InChI is InChI=1S/C24H25ClN4O3S/c1-17-5-3-6-19(15-17)27-33(31,32)20-9-8-18(2)21(16-20)24(30)29-13-11-28(12-14-29)23-22(25)7-4-10-26-23/h3-10,15-16,27H,11-14H2,1-2H3. The first-order valence-electron chi connectivity index (χ1n) is 10.6. The minimum absolute atomic E-state index is 0.0526. The van der Waals surface area contributed by atoms with Crippen LogP contribution in [0.25, 0.3) is 0 Å². The molecule has 1 aliphatic heterocycles. The molecule has 9 heteroatoms. The van der Waals surface area contributed by atoms with Crippen molar-refractivity contribution in [3.63, 3.8) is 0 Å². The van der Waals surface area contributed by atoms with E-state index in [-0.39, 0.29) is 10.8 Å². The molecule has 172 valence electrons. The summed E-state index contributed by atoms with van der Waals surface area (Å²) in [5, 5.41) is 0.576. The van der Waals surface area contributed by atoms with Crippen LogP contribution in [0.15, 0.2) is 65.7 Å². The molecule has 0 bridgehead atoms. The van der Waals surface area contributed by atoms with Gasteiger partial charge in [0.15, 0.2) is 0 Å². The van der Waals surface area contributed by atoms with Crippen molar-refractivity contribution in [2.75, 3.05) is 35.8 Å². The zero-order valence-electron chi connectivity index (χ0n) is 18.5. The highest BCUT2D eigenvalue weighted by atomic mass is 35.5. The Morgan fingerprint density at radius 3 is 2.45 bits per heavy atom. The molecule has 0 spiro atoms. The van der Waals surface area contributed by atoms with Crippen LogP contribution in [-0.2, 0) is 10.0 Å². The molecule has 4 rings (SSSR count). The second kappa shape index (κ2) is 9.41. The van der Waals surface area contributed by atoms with Crippen molar-refractivity contribution in [1.29, 1.82) is 0 Å². The molecule has 1 aromatic heterocycles. The van der Waals surface area contributed by atoms with Crippen molar-refractivity contribution in [2.24, 2.45) is 0 Å². The summed E-state index contributed by atoms with van der Waals surface area (Å²) in [4.78, 5) is 21.4. The molecule has 0 radical (unpaired) electrons. The number of carbonyl (C=O) groups is 1. The molecule has 2 aromatic carbocycles. The number of hydrogen-bond donors (Lipinski definition) is 1. The molecule has 0 atom stereocenters. The maximum absolute atomic E-state index is 13.3. The lowest BCUT2D eigenvalue weighted by molar-refractivity contribution is 0.0745. The van der Waals surface area contributed by atoms with Crippen molar-refractivity contribution in [3.05, 3.63) is 82.5 Å². The number of piperazine rings is 1. The van der Waals surface area contributed by atoms with E-state index in [2.05, 4.69) is 9.71 Å². The fourth-order valence-corrected chi connectivity index (χ4v) is 5.14. The average Bonchev–Trinajstić information content (AvgIpc) is 2.79. The van der Waals surface area contributed by atoms with Crippen LogP contribution >= 0.6 is 11.6 Å². The number of aryl methyl sites for hydroxylation is 2. The number of aromatic nitrogens is 1. The smallest absolute Gasteiger partial charge is 0.261 e. The third-order valence-corrected chi connectivity index (χ3v) is 7.30. The number of amides is 1. The summed E-state index contributed by atoms with van der Waals surface area (Å²) in [6.45, 7) is 5.86. The molecule has 0 saturated carbocycles. The molecule has 3 aromatic rings. The molecule has 1 amide bonds. The maximum Gasteiger partial charge on any atom is 0.261 e. The topological polar surface area (TPSA) is 82.6 Å². The van der Waals surface area contributed by atoms with E-state index in [0.29, 0.717) is 48.3 Å². The van der Waals surface area contributed by atoms with Crippen molar-refractivity contribution in [1.82, 2.24) is 9.88 Å². The number of sulfonamides is 1. The van der Waals surface area contributed by atoms with E-state index in [0.717, 1.165) is 11.1 Å². The molecule has 1 N–H and O–H groups in total. The first-order chi connectivity index (χ1) is 15.7. The van der Waals surface area contributed by atoms with Gasteiger partial charge in [-0.2, -0.15) is 0 Å². The third kappa shape index (κ3) is 5.12. The summed E-state index contributed by atoms with van der Waals surface area (Å²) in [5.74, 6) is 0.518. The van der Waals surface area contributed by atoms with Gasteiger partial charge in [-0.3, -0.25) is 9.52 Å². The molecule has 1 fully saturated rings. The number of halogens is 1. The van der Waals surface area contributed by atoms with E-state index in [4.69, 9.17) is 11.6 Å². The molecule has 2 heterocycles. The highest BCUT2D eigenvalue weighted by Crippen LogP contribution is 2.25. The molecule has 1 saturated heterocycles. The molecular formula is C24H25ClN4O3S. The van der Waals surface area contributed by atoms with Gasteiger partial charge >= 0.3 is 0 Å². The third-order valence-electron chi connectivity index (χ3n) is 5.63. The van der Waals surface area contributed by atoms with Gasteiger partial charge in [0.2, 0.25) is 0 Å². The Morgan fingerprint density at radius 2 is 1.76 bits per heavy atom. The van der Waals surface area contributed by atoms with Crippen molar-refractivity contribution in [2.45, 2.75) is 18.7 Å². The Kier molecular flexibility index (Phi) is 6.58. The highest BCUT2D eigenvalue weighted by molar-refractivity contribution is 7.92. The molecule has 33 heavy (non-hydrogen) atoms. The van der Waals surface area contributed by atoms with Gasteiger partial charge in [-0.1, -0.05) is 29.8 Å². The van der Waals surface area contributed by atoms with Gasteiger partial charge in [0.05, 0.1) is 9.92 Å². The quantitative estimate of drug-likeness (QED) is 0.589. The number of rotatable bonds is 5. The zero-order valence-corrected chi connectivity index (χ0v) is 20.0. The van der Waals surface area contributed by atoms with E-state index >= 15 is 0 Å². The number of nitrogens with one attached hydrogen (secondary N) is 1. The summed E-state index contributed by atoms with van der Waals surface area (Å²) in [5.41, 5.74) is 2.53. The summed E-state index contributed by atoms with van der Waals surface area (Å²) in [6, 6.07) is 15.3. The van der Waals surface area contributed by atoms with E-state index in [9.17, 15) is 13.2 Å². The van der Waals surface area contributed by atoms with Gasteiger partial charge in [-0.05, 0) is 61.4 Å². The van der Waals surface area contributed by atoms with Crippen LogP contribution in [0.3, 0.4) is 0 Å². The van der Waals surface area contributed by atoms with Crippen LogP contribution in [0.2, 0.25) is 5.02 Å². The predicted octanol–water partition coefficient (Wildman–Crippen LogP) is 4.12. The fourth-order valence-electron chi connectivity index (χ4n) is 3.82. The van der Waals surface area contributed by atoms with E-state index in [1.54, 1.807) is 47.5 Å². The number of benzene rings is 2. The minimum Gasteiger partial charge on any atom is -0.352 e. The first-order valence-corrected chi connectivity index (χ1v) is 12.5. The van der Waals surface area contributed by atoms with Gasteiger partial charge in [-0.25, -0.2) is 13.4 Å². The van der Waals surface area contributed by atoms with E-state index < -0.39 is 10.0 Å². The van der Waals surface area contributed by atoms with Gasteiger partial charge in [0.1, 0.15) is 5.82 Å². The van der Waals surface area contributed by atoms with E-state index in [1.165, 1.54) is 12.1 Å². The minimum atomic E-state index is -3.84. The molecule has 0 unspecified atom stereocenters. The molecule has 1 aliphatic rings.